The van der Waals surface area contributed by atoms with Gasteiger partial charge in [0.1, 0.15) is 5.54 Å². The number of piperidine rings is 1. The molecular formula is C11H18N4O3. The van der Waals surface area contributed by atoms with Gasteiger partial charge in [-0.15, -0.1) is 0 Å². The number of likely N-dealkylation sites (tertiary alicyclic amines) is 1. The van der Waals surface area contributed by atoms with E-state index in [0.29, 0.717) is 38.8 Å². The van der Waals surface area contributed by atoms with Gasteiger partial charge in [0.2, 0.25) is 5.91 Å². The van der Waals surface area contributed by atoms with Crippen LogP contribution < -0.4 is 16.4 Å². The van der Waals surface area contributed by atoms with Crippen LogP contribution in [0.3, 0.4) is 0 Å². The maximum atomic E-state index is 11.9. The molecular weight excluding hydrogens is 236 g/mol. The highest BCUT2D eigenvalue weighted by Crippen LogP contribution is 2.24. The molecule has 2 aliphatic heterocycles. The maximum absolute atomic E-state index is 11.9. The lowest BCUT2D eigenvalue weighted by atomic mass is 9.89. The molecule has 0 radical (unpaired) electrons. The van der Waals surface area contributed by atoms with Gasteiger partial charge in [-0.3, -0.25) is 14.9 Å². The second-order valence-corrected chi connectivity index (χ2v) is 4.80. The first-order valence-corrected chi connectivity index (χ1v) is 6.19. The van der Waals surface area contributed by atoms with Crippen molar-refractivity contribution in [2.45, 2.75) is 31.2 Å². The third-order valence-electron chi connectivity index (χ3n) is 3.45. The minimum absolute atomic E-state index is 0.00604. The van der Waals surface area contributed by atoms with Gasteiger partial charge in [0.05, 0.1) is 6.54 Å². The Morgan fingerprint density at radius 3 is 2.83 bits per heavy atom. The van der Waals surface area contributed by atoms with Crippen LogP contribution in [0.2, 0.25) is 0 Å². The van der Waals surface area contributed by atoms with Crippen LogP contribution in [-0.4, -0.2) is 47.9 Å². The summed E-state index contributed by atoms with van der Waals surface area (Å²) >= 11 is 0. The number of hydrogen-bond acceptors (Lipinski definition) is 4. The Kier molecular flexibility index (Phi) is 3.51. The number of nitrogens with one attached hydrogen (secondary N) is 2. The number of hydrogen-bond donors (Lipinski definition) is 3. The van der Waals surface area contributed by atoms with Crippen molar-refractivity contribution in [2.24, 2.45) is 5.73 Å². The number of amides is 4. The summed E-state index contributed by atoms with van der Waals surface area (Å²) in [6.07, 6.45) is 2.32. The zero-order valence-corrected chi connectivity index (χ0v) is 10.2. The number of carbonyl (C=O) groups excluding carboxylic acids is 3. The van der Waals surface area contributed by atoms with E-state index in [0.717, 1.165) is 0 Å². The van der Waals surface area contributed by atoms with Crippen molar-refractivity contribution in [2.75, 3.05) is 19.6 Å². The van der Waals surface area contributed by atoms with Gasteiger partial charge < -0.3 is 16.0 Å². The fourth-order valence-corrected chi connectivity index (χ4v) is 2.50. The lowest BCUT2D eigenvalue weighted by Crippen LogP contribution is -2.59. The molecule has 18 heavy (non-hydrogen) atoms. The van der Waals surface area contributed by atoms with E-state index in [4.69, 9.17) is 5.73 Å². The Morgan fingerprint density at radius 1 is 1.44 bits per heavy atom. The summed E-state index contributed by atoms with van der Waals surface area (Å²) in [5.41, 5.74) is 4.45. The number of nitrogens with zero attached hydrogens (tertiary/aromatic N) is 1. The Bertz CT molecular complexity index is 384. The minimum Gasteiger partial charge on any atom is -0.340 e. The third-order valence-corrected chi connectivity index (χ3v) is 3.45. The normalized spacial score (nSPS) is 27.3. The molecule has 7 heteroatoms. The first-order chi connectivity index (χ1) is 8.57. The quantitative estimate of drug-likeness (QED) is 0.557. The molecule has 2 saturated heterocycles. The van der Waals surface area contributed by atoms with Crippen LogP contribution >= 0.6 is 0 Å². The van der Waals surface area contributed by atoms with Crippen molar-refractivity contribution in [3.8, 4) is 0 Å². The molecule has 1 unspecified atom stereocenters. The number of nitrogens with two attached hydrogens (primary N) is 1. The fraction of sp³-hybridized carbons (Fsp3) is 0.727. The highest BCUT2D eigenvalue weighted by atomic mass is 16.2. The first kappa shape index (κ1) is 12.8. The summed E-state index contributed by atoms with van der Waals surface area (Å²) in [7, 11) is 0. The van der Waals surface area contributed by atoms with Gasteiger partial charge in [0.15, 0.2) is 0 Å². The van der Waals surface area contributed by atoms with Crippen LogP contribution in [0.5, 0.6) is 0 Å². The number of carbonyl (C=O) groups is 3. The smallest absolute Gasteiger partial charge is 0.322 e. The van der Waals surface area contributed by atoms with Crippen molar-refractivity contribution in [3.63, 3.8) is 0 Å². The molecule has 2 rings (SSSR count). The lowest BCUT2D eigenvalue weighted by Gasteiger charge is -2.38. The first-order valence-electron chi connectivity index (χ1n) is 6.19. The van der Waals surface area contributed by atoms with Crippen LogP contribution in [0.15, 0.2) is 0 Å². The van der Waals surface area contributed by atoms with Crippen molar-refractivity contribution in [1.29, 1.82) is 0 Å². The van der Waals surface area contributed by atoms with E-state index < -0.39 is 11.6 Å². The molecule has 2 fully saturated rings. The van der Waals surface area contributed by atoms with E-state index in [1.54, 1.807) is 4.90 Å². The molecule has 0 aromatic heterocycles. The minimum atomic E-state index is -0.923. The Labute approximate surface area is 105 Å². The molecule has 4 amide bonds. The zero-order chi connectivity index (χ0) is 13.2. The molecule has 0 aromatic carbocycles. The molecule has 0 aromatic rings. The third kappa shape index (κ3) is 2.31. The molecule has 4 N–H and O–H groups in total. The molecule has 7 nitrogen and oxygen atoms in total. The average Bonchev–Trinajstić information content (AvgIpc) is 2.61. The van der Waals surface area contributed by atoms with E-state index in [-0.39, 0.29) is 18.4 Å². The summed E-state index contributed by atoms with van der Waals surface area (Å²) in [5.74, 6) is -0.336. The summed E-state index contributed by atoms with van der Waals surface area (Å²) in [6, 6.07) is -0.476. The summed E-state index contributed by atoms with van der Waals surface area (Å²) in [4.78, 5) is 36.6. The Balaban J connectivity index is 2.02. The molecule has 0 aliphatic carbocycles. The Morgan fingerprint density at radius 2 is 2.22 bits per heavy atom. The van der Waals surface area contributed by atoms with Gasteiger partial charge in [-0.05, 0) is 25.8 Å². The van der Waals surface area contributed by atoms with E-state index in [1.165, 1.54) is 0 Å². The second-order valence-electron chi connectivity index (χ2n) is 4.80. The van der Waals surface area contributed by atoms with E-state index in [9.17, 15) is 14.4 Å². The summed E-state index contributed by atoms with van der Waals surface area (Å²) in [6.45, 7) is 1.37. The van der Waals surface area contributed by atoms with Crippen LogP contribution in [0, 0.1) is 0 Å². The average molecular weight is 254 g/mol. The SMILES string of the molecule is NCCCC(=O)N1CCCC2(C1)NC(=O)NC2=O. The highest BCUT2D eigenvalue weighted by Gasteiger charge is 2.49. The molecule has 1 spiro atoms. The van der Waals surface area contributed by atoms with E-state index in [1.807, 2.05) is 0 Å². The molecule has 0 saturated carbocycles. The number of urea groups is 1. The van der Waals surface area contributed by atoms with Crippen molar-refractivity contribution in [3.05, 3.63) is 0 Å². The maximum Gasteiger partial charge on any atom is 0.322 e. The van der Waals surface area contributed by atoms with Crippen LogP contribution in [0.1, 0.15) is 25.7 Å². The molecule has 2 heterocycles. The van der Waals surface area contributed by atoms with Crippen molar-refractivity contribution < 1.29 is 14.4 Å². The summed E-state index contributed by atoms with van der Waals surface area (Å²) in [5, 5.41) is 4.87. The predicted molar refractivity (Wildman–Crippen MR) is 63.5 cm³/mol. The Hall–Kier alpha value is -1.63. The lowest BCUT2D eigenvalue weighted by molar-refractivity contribution is -0.136. The van der Waals surface area contributed by atoms with Gasteiger partial charge in [-0.2, -0.15) is 0 Å². The molecule has 100 valence electrons. The van der Waals surface area contributed by atoms with Gasteiger partial charge in [0, 0.05) is 13.0 Å². The summed E-state index contributed by atoms with van der Waals surface area (Å²) < 4.78 is 0. The van der Waals surface area contributed by atoms with Gasteiger partial charge in [-0.1, -0.05) is 0 Å². The van der Waals surface area contributed by atoms with Crippen LogP contribution in [0.25, 0.3) is 0 Å². The second kappa shape index (κ2) is 4.93. The zero-order valence-electron chi connectivity index (χ0n) is 10.2. The number of rotatable bonds is 3. The van der Waals surface area contributed by atoms with Crippen LogP contribution in [0.4, 0.5) is 4.79 Å². The van der Waals surface area contributed by atoms with E-state index in [2.05, 4.69) is 10.6 Å². The number of imide groups is 1. The standard InChI is InChI=1S/C11H18N4O3/c12-5-1-3-8(16)15-6-2-4-11(7-15)9(17)13-10(18)14-11/h1-7,12H2,(H2,13,14,17,18). The molecule has 0 bridgehead atoms. The predicted octanol–water partition coefficient (Wildman–Crippen LogP) is -1.07. The van der Waals surface area contributed by atoms with E-state index >= 15 is 0 Å². The van der Waals surface area contributed by atoms with Gasteiger partial charge >= 0.3 is 6.03 Å². The van der Waals surface area contributed by atoms with Gasteiger partial charge in [-0.25, -0.2) is 4.79 Å². The van der Waals surface area contributed by atoms with Crippen molar-refractivity contribution in [1.82, 2.24) is 15.5 Å². The molecule has 1 atom stereocenters. The molecule has 2 aliphatic rings. The topological polar surface area (TPSA) is 105 Å². The monoisotopic (exact) mass is 254 g/mol. The largest absolute Gasteiger partial charge is 0.340 e. The fourth-order valence-electron chi connectivity index (χ4n) is 2.50. The van der Waals surface area contributed by atoms with Crippen LogP contribution in [-0.2, 0) is 9.59 Å². The van der Waals surface area contributed by atoms with Crippen molar-refractivity contribution >= 4 is 17.8 Å². The highest BCUT2D eigenvalue weighted by molar-refractivity contribution is 6.07. The van der Waals surface area contributed by atoms with Gasteiger partial charge in [0.25, 0.3) is 5.91 Å².